The lowest BCUT2D eigenvalue weighted by atomic mass is 10.1. The van der Waals surface area contributed by atoms with E-state index < -0.39 is 0 Å². The number of nitrogens with zero attached hydrogens (tertiary/aromatic N) is 1. The van der Waals surface area contributed by atoms with E-state index in [2.05, 4.69) is 27.9 Å². The number of halogens is 1. The standard InChI is InChI=1S/C15H22BrNO/c1-17(12-13-4-2-3-5-13)10-11-18-15-8-6-14(16)7-9-15/h6-9,13H,2-5,10-12H2,1H3. The van der Waals surface area contributed by atoms with Crippen LogP contribution in [0.1, 0.15) is 25.7 Å². The number of benzene rings is 1. The Balaban J connectivity index is 1.63. The second kappa shape index (κ2) is 7.15. The SMILES string of the molecule is CN(CCOc1ccc(Br)cc1)CC1CCCC1. The van der Waals surface area contributed by atoms with Crippen LogP contribution in [0.4, 0.5) is 0 Å². The normalized spacial score (nSPS) is 16.4. The fraction of sp³-hybridized carbons (Fsp3) is 0.600. The third-order valence-electron chi connectivity index (χ3n) is 3.60. The first-order valence-corrected chi connectivity index (χ1v) is 7.60. The van der Waals surface area contributed by atoms with Crippen molar-refractivity contribution in [1.29, 1.82) is 0 Å². The molecule has 0 radical (unpaired) electrons. The average Bonchev–Trinajstić information content (AvgIpc) is 2.84. The summed E-state index contributed by atoms with van der Waals surface area (Å²) in [4.78, 5) is 2.40. The third-order valence-corrected chi connectivity index (χ3v) is 4.13. The minimum absolute atomic E-state index is 0.769. The van der Waals surface area contributed by atoms with E-state index in [1.54, 1.807) is 0 Å². The van der Waals surface area contributed by atoms with Crippen molar-refractivity contribution in [3.8, 4) is 5.75 Å². The average molecular weight is 312 g/mol. The second-order valence-electron chi connectivity index (χ2n) is 5.22. The third kappa shape index (κ3) is 4.62. The van der Waals surface area contributed by atoms with Crippen molar-refractivity contribution >= 4 is 15.9 Å². The summed E-state index contributed by atoms with van der Waals surface area (Å²) in [5.41, 5.74) is 0. The Kier molecular flexibility index (Phi) is 5.51. The lowest BCUT2D eigenvalue weighted by Crippen LogP contribution is -2.28. The molecule has 1 saturated carbocycles. The molecule has 2 nitrogen and oxygen atoms in total. The van der Waals surface area contributed by atoms with Gasteiger partial charge in [-0.05, 0) is 50.1 Å². The minimum Gasteiger partial charge on any atom is -0.492 e. The maximum absolute atomic E-state index is 5.73. The largest absolute Gasteiger partial charge is 0.492 e. The fourth-order valence-corrected chi connectivity index (χ4v) is 2.84. The summed E-state index contributed by atoms with van der Waals surface area (Å²) in [6.45, 7) is 3.00. The zero-order chi connectivity index (χ0) is 12.8. The molecule has 2 rings (SSSR count). The van der Waals surface area contributed by atoms with E-state index in [1.807, 2.05) is 24.3 Å². The van der Waals surface area contributed by atoms with Crippen LogP contribution in [0.5, 0.6) is 5.75 Å². The Labute approximate surface area is 118 Å². The highest BCUT2D eigenvalue weighted by molar-refractivity contribution is 9.10. The predicted molar refractivity (Wildman–Crippen MR) is 79.1 cm³/mol. The van der Waals surface area contributed by atoms with Gasteiger partial charge >= 0.3 is 0 Å². The van der Waals surface area contributed by atoms with Gasteiger partial charge in [-0.25, -0.2) is 0 Å². The topological polar surface area (TPSA) is 12.5 Å². The quantitative estimate of drug-likeness (QED) is 0.788. The molecule has 1 aliphatic rings. The van der Waals surface area contributed by atoms with Crippen molar-refractivity contribution < 1.29 is 4.74 Å². The number of rotatable bonds is 6. The second-order valence-corrected chi connectivity index (χ2v) is 6.13. The van der Waals surface area contributed by atoms with Crippen molar-refractivity contribution in [3.63, 3.8) is 0 Å². The van der Waals surface area contributed by atoms with E-state index in [1.165, 1.54) is 32.2 Å². The maximum atomic E-state index is 5.73. The molecule has 0 heterocycles. The number of ether oxygens (including phenoxy) is 1. The van der Waals surface area contributed by atoms with Crippen LogP contribution in [-0.4, -0.2) is 31.6 Å². The summed E-state index contributed by atoms with van der Waals surface area (Å²) in [5.74, 6) is 1.87. The summed E-state index contributed by atoms with van der Waals surface area (Å²) in [6.07, 6.45) is 5.68. The highest BCUT2D eigenvalue weighted by Gasteiger charge is 2.16. The first kappa shape index (κ1) is 13.9. The first-order chi connectivity index (χ1) is 8.74. The molecule has 1 aliphatic carbocycles. The van der Waals surface area contributed by atoms with Gasteiger partial charge in [-0.15, -0.1) is 0 Å². The smallest absolute Gasteiger partial charge is 0.119 e. The van der Waals surface area contributed by atoms with Gasteiger partial charge < -0.3 is 9.64 Å². The molecule has 0 unspecified atom stereocenters. The minimum atomic E-state index is 0.769. The Morgan fingerprint density at radius 3 is 2.56 bits per heavy atom. The van der Waals surface area contributed by atoms with Gasteiger partial charge in [0, 0.05) is 17.6 Å². The van der Waals surface area contributed by atoms with E-state index in [9.17, 15) is 0 Å². The molecule has 0 aliphatic heterocycles. The molecule has 1 aromatic rings. The Morgan fingerprint density at radius 2 is 1.89 bits per heavy atom. The molecule has 100 valence electrons. The van der Waals surface area contributed by atoms with Crippen molar-refractivity contribution in [1.82, 2.24) is 4.90 Å². The van der Waals surface area contributed by atoms with Gasteiger partial charge in [0.1, 0.15) is 12.4 Å². The van der Waals surface area contributed by atoms with E-state index in [4.69, 9.17) is 4.74 Å². The van der Waals surface area contributed by atoms with Crippen LogP contribution in [0.15, 0.2) is 28.7 Å². The number of hydrogen-bond donors (Lipinski definition) is 0. The van der Waals surface area contributed by atoms with Gasteiger partial charge in [-0.3, -0.25) is 0 Å². The van der Waals surface area contributed by atoms with Crippen LogP contribution in [-0.2, 0) is 0 Å². The van der Waals surface area contributed by atoms with Gasteiger partial charge in [0.25, 0.3) is 0 Å². The molecule has 0 N–H and O–H groups in total. The van der Waals surface area contributed by atoms with E-state index in [-0.39, 0.29) is 0 Å². The van der Waals surface area contributed by atoms with Crippen molar-refractivity contribution in [2.45, 2.75) is 25.7 Å². The predicted octanol–water partition coefficient (Wildman–Crippen LogP) is 3.95. The summed E-state index contributed by atoms with van der Waals surface area (Å²) < 4.78 is 6.82. The lowest BCUT2D eigenvalue weighted by Gasteiger charge is -2.20. The highest BCUT2D eigenvalue weighted by atomic mass is 79.9. The summed E-state index contributed by atoms with van der Waals surface area (Å²) in [6, 6.07) is 8.03. The van der Waals surface area contributed by atoms with Crippen molar-refractivity contribution in [3.05, 3.63) is 28.7 Å². The van der Waals surface area contributed by atoms with E-state index in [0.29, 0.717) is 0 Å². The van der Waals surface area contributed by atoms with Crippen LogP contribution < -0.4 is 4.74 Å². The van der Waals surface area contributed by atoms with E-state index >= 15 is 0 Å². The molecular weight excluding hydrogens is 290 g/mol. The van der Waals surface area contributed by atoms with Crippen molar-refractivity contribution in [2.24, 2.45) is 5.92 Å². The molecule has 3 heteroatoms. The molecule has 0 bridgehead atoms. The van der Waals surface area contributed by atoms with Crippen LogP contribution in [0.3, 0.4) is 0 Å². The van der Waals surface area contributed by atoms with Gasteiger partial charge in [-0.1, -0.05) is 28.8 Å². The molecule has 0 aromatic heterocycles. The van der Waals surface area contributed by atoms with Crippen LogP contribution >= 0.6 is 15.9 Å². The molecule has 0 saturated heterocycles. The summed E-state index contributed by atoms with van der Waals surface area (Å²) >= 11 is 3.42. The highest BCUT2D eigenvalue weighted by Crippen LogP contribution is 2.25. The Morgan fingerprint density at radius 1 is 1.22 bits per heavy atom. The zero-order valence-electron chi connectivity index (χ0n) is 11.1. The lowest BCUT2D eigenvalue weighted by molar-refractivity contribution is 0.215. The van der Waals surface area contributed by atoms with Crippen LogP contribution in [0.2, 0.25) is 0 Å². The Hall–Kier alpha value is -0.540. The first-order valence-electron chi connectivity index (χ1n) is 6.81. The van der Waals surface area contributed by atoms with Gasteiger partial charge in [0.2, 0.25) is 0 Å². The Bertz CT molecular complexity index is 346. The summed E-state index contributed by atoms with van der Waals surface area (Å²) in [7, 11) is 2.20. The molecule has 0 spiro atoms. The van der Waals surface area contributed by atoms with Crippen molar-refractivity contribution in [2.75, 3.05) is 26.7 Å². The van der Waals surface area contributed by atoms with Gasteiger partial charge in [-0.2, -0.15) is 0 Å². The van der Waals surface area contributed by atoms with E-state index in [0.717, 1.165) is 29.3 Å². The van der Waals surface area contributed by atoms with Crippen LogP contribution in [0, 0.1) is 5.92 Å². The maximum Gasteiger partial charge on any atom is 0.119 e. The summed E-state index contributed by atoms with van der Waals surface area (Å²) in [5, 5.41) is 0. The molecule has 1 fully saturated rings. The molecule has 0 atom stereocenters. The van der Waals surface area contributed by atoms with Gasteiger partial charge in [0.15, 0.2) is 0 Å². The zero-order valence-corrected chi connectivity index (χ0v) is 12.7. The van der Waals surface area contributed by atoms with Crippen LogP contribution in [0.25, 0.3) is 0 Å². The monoisotopic (exact) mass is 311 g/mol. The number of likely N-dealkylation sites (N-methyl/N-ethyl adjacent to an activating group) is 1. The molecule has 1 aromatic carbocycles. The molecular formula is C15H22BrNO. The molecule has 0 amide bonds. The fourth-order valence-electron chi connectivity index (χ4n) is 2.58. The van der Waals surface area contributed by atoms with Gasteiger partial charge in [0.05, 0.1) is 0 Å². The number of hydrogen-bond acceptors (Lipinski definition) is 2. The molecule has 18 heavy (non-hydrogen) atoms.